The molecule has 0 spiro atoms. The van der Waals surface area contributed by atoms with E-state index in [9.17, 15) is 14.4 Å². The minimum absolute atomic E-state index is 0.128. The van der Waals surface area contributed by atoms with E-state index in [1.54, 1.807) is 20.8 Å². The first-order valence-electron chi connectivity index (χ1n) is 7.00. The highest BCUT2D eigenvalue weighted by Gasteiger charge is 2.39. The summed E-state index contributed by atoms with van der Waals surface area (Å²) in [5.74, 6) is -1.16. The SMILES string of the molecule is CC1(C)C[C@@H](C[C@H](NC(=O)OC(C)(C)C)C(N)=O)C(=O)N1. The lowest BCUT2D eigenvalue weighted by Crippen LogP contribution is -2.47. The van der Waals surface area contributed by atoms with Gasteiger partial charge in [0.25, 0.3) is 0 Å². The van der Waals surface area contributed by atoms with Gasteiger partial charge in [0.15, 0.2) is 0 Å². The van der Waals surface area contributed by atoms with E-state index in [-0.39, 0.29) is 23.8 Å². The molecule has 0 aromatic rings. The molecule has 2 atom stereocenters. The number of nitrogens with one attached hydrogen (secondary N) is 2. The number of carbonyl (C=O) groups is 3. The van der Waals surface area contributed by atoms with Crippen LogP contribution < -0.4 is 16.4 Å². The molecule has 21 heavy (non-hydrogen) atoms. The van der Waals surface area contributed by atoms with E-state index in [1.807, 2.05) is 13.8 Å². The van der Waals surface area contributed by atoms with Crippen molar-refractivity contribution in [3.63, 3.8) is 0 Å². The number of ether oxygens (including phenoxy) is 1. The molecule has 0 aromatic carbocycles. The van der Waals surface area contributed by atoms with E-state index in [1.165, 1.54) is 0 Å². The predicted octanol–water partition coefficient (Wildman–Crippen LogP) is 0.670. The van der Waals surface area contributed by atoms with Gasteiger partial charge in [0.1, 0.15) is 11.6 Å². The van der Waals surface area contributed by atoms with Crippen LogP contribution in [0.4, 0.5) is 4.79 Å². The van der Waals surface area contributed by atoms with Crippen LogP contribution in [-0.4, -0.2) is 35.1 Å². The van der Waals surface area contributed by atoms with Crippen molar-refractivity contribution in [2.45, 2.75) is 64.6 Å². The quantitative estimate of drug-likeness (QED) is 0.708. The zero-order chi connectivity index (χ0) is 16.4. The van der Waals surface area contributed by atoms with Crippen molar-refractivity contribution < 1.29 is 19.1 Å². The third-order valence-corrected chi connectivity index (χ3v) is 3.14. The van der Waals surface area contributed by atoms with E-state index >= 15 is 0 Å². The van der Waals surface area contributed by atoms with Crippen LogP contribution in [0.3, 0.4) is 0 Å². The molecule has 0 saturated carbocycles. The van der Waals surface area contributed by atoms with E-state index in [4.69, 9.17) is 10.5 Å². The molecule has 7 nitrogen and oxygen atoms in total. The van der Waals surface area contributed by atoms with Crippen LogP contribution in [-0.2, 0) is 14.3 Å². The van der Waals surface area contributed by atoms with Gasteiger partial charge in [0, 0.05) is 11.5 Å². The zero-order valence-electron chi connectivity index (χ0n) is 13.3. The van der Waals surface area contributed by atoms with Crippen molar-refractivity contribution in [1.29, 1.82) is 0 Å². The van der Waals surface area contributed by atoms with Crippen LogP contribution in [0.5, 0.6) is 0 Å². The Hall–Kier alpha value is -1.79. The molecule has 0 aromatic heterocycles. The summed E-state index contributed by atoms with van der Waals surface area (Å²) < 4.78 is 5.09. The molecule has 120 valence electrons. The zero-order valence-corrected chi connectivity index (χ0v) is 13.3. The second-order valence-electron chi connectivity index (χ2n) is 7.11. The molecular formula is C14H25N3O4. The molecule has 3 amide bonds. The Labute approximate surface area is 125 Å². The lowest BCUT2D eigenvalue weighted by Gasteiger charge is -2.23. The standard InChI is InChI=1S/C14H25N3O4/c1-13(2,3)21-12(20)16-9(10(15)18)6-8-7-14(4,5)17-11(8)19/h8-9H,6-7H2,1-5H3,(H2,15,18)(H,16,20)(H,17,19)/t8-,9+/m1/s1. The number of hydrogen-bond donors (Lipinski definition) is 3. The smallest absolute Gasteiger partial charge is 0.408 e. The molecule has 1 fully saturated rings. The highest BCUT2D eigenvalue weighted by molar-refractivity contribution is 5.87. The summed E-state index contributed by atoms with van der Waals surface area (Å²) in [5.41, 5.74) is 4.32. The van der Waals surface area contributed by atoms with Gasteiger partial charge in [-0.3, -0.25) is 9.59 Å². The van der Waals surface area contributed by atoms with Gasteiger partial charge in [-0.15, -0.1) is 0 Å². The average Bonchev–Trinajstić information content (AvgIpc) is 2.47. The maximum absolute atomic E-state index is 11.9. The van der Waals surface area contributed by atoms with Crippen molar-refractivity contribution >= 4 is 17.9 Å². The molecule has 7 heteroatoms. The van der Waals surface area contributed by atoms with E-state index in [0.717, 1.165) is 0 Å². The summed E-state index contributed by atoms with van der Waals surface area (Å²) in [5, 5.41) is 5.28. The van der Waals surface area contributed by atoms with Crippen molar-refractivity contribution in [2.75, 3.05) is 0 Å². The Morgan fingerprint density at radius 1 is 1.48 bits per heavy atom. The predicted molar refractivity (Wildman–Crippen MR) is 77.3 cm³/mol. The first kappa shape index (κ1) is 17.3. The third kappa shape index (κ3) is 5.61. The molecule has 1 saturated heterocycles. The maximum atomic E-state index is 11.9. The third-order valence-electron chi connectivity index (χ3n) is 3.14. The lowest BCUT2D eigenvalue weighted by molar-refractivity contribution is -0.124. The summed E-state index contributed by atoms with van der Waals surface area (Å²) in [6.45, 7) is 8.98. The second kappa shape index (κ2) is 5.91. The fourth-order valence-electron chi connectivity index (χ4n) is 2.37. The Kier molecular flexibility index (Phi) is 4.86. The molecule has 1 aliphatic heterocycles. The number of rotatable bonds is 4. The molecule has 0 radical (unpaired) electrons. The molecule has 0 bridgehead atoms. The molecule has 4 N–H and O–H groups in total. The summed E-state index contributed by atoms with van der Waals surface area (Å²) in [6, 6.07) is -0.926. The molecular weight excluding hydrogens is 274 g/mol. The van der Waals surface area contributed by atoms with Crippen LogP contribution in [0.2, 0.25) is 0 Å². The van der Waals surface area contributed by atoms with E-state index < -0.39 is 23.6 Å². The fraction of sp³-hybridized carbons (Fsp3) is 0.786. The molecule has 1 rings (SSSR count). The van der Waals surface area contributed by atoms with Gasteiger partial charge in [0.2, 0.25) is 11.8 Å². The van der Waals surface area contributed by atoms with Crippen LogP contribution in [0.1, 0.15) is 47.5 Å². The minimum Gasteiger partial charge on any atom is -0.444 e. The molecule has 1 heterocycles. The first-order chi connectivity index (χ1) is 9.39. The summed E-state index contributed by atoms with van der Waals surface area (Å²) in [7, 11) is 0. The monoisotopic (exact) mass is 299 g/mol. The second-order valence-corrected chi connectivity index (χ2v) is 7.11. The van der Waals surface area contributed by atoms with Gasteiger partial charge < -0.3 is 21.1 Å². The normalized spacial score (nSPS) is 22.3. The summed E-state index contributed by atoms with van der Waals surface area (Å²) in [4.78, 5) is 35.0. The highest BCUT2D eigenvalue weighted by Crippen LogP contribution is 2.27. The van der Waals surface area contributed by atoms with E-state index in [0.29, 0.717) is 6.42 Å². The van der Waals surface area contributed by atoms with Crippen molar-refractivity contribution in [3.05, 3.63) is 0 Å². The highest BCUT2D eigenvalue weighted by atomic mass is 16.6. The van der Waals surface area contributed by atoms with E-state index in [2.05, 4.69) is 10.6 Å². The van der Waals surface area contributed by atoms with Gasteiger partial charge in [-0.2, -0.15) is 0 Å². The van der Waals surface area contributed by atoms with Crippen molar-refractivity contribution in [3.8, 4) is 0 Å². The maximum Gasteiger partial charge on any atom is 0.408 e. The van der Waals surface area contributed by atoms with Crippen molar-refractivity contribution in [1.82, 2.24) is 10.6 Å². The van der Waals surface area contributed by atoms with Gasteiger partial charge in [-0.05, 0) is 47.5 Å². The minimum atomic E-state index is -0.926. The van der Waals surface area contributed by atoms with Crippen molar-refractivity contribution in [2.24, 2.45) is 11.7 Å². The topological polar surface area (TPSA) is 111 Å². The first-order valence-corrected chi connectivity index (χ1v) is 7.00. The van der Waals surface area contributed by atoms with Gasteiger partial charge >= 0.3 is 6.09 Å². The number of hydrogen-bond acceptors (Lipinski definition) is 4. The Morgan fingerprint density at radius 2 is 2.05 bits per heavy atom. The Balaban J connectivity index is 2.65. The summed E-state index contributed by atoms with van der Waals surface area (Å²) >= 11 is 0. The van der Waals surface area contributed by atoms with Gasteiger partial charge in [0.05, 0.1) is 0 Å². The van der Waals surface area contributed by atoms with Gasteiger partial charge in [-0.1, -0.05) is 0 Å². The fourth-order valence-corrected chi connectivity index (χ4v) is 2.37. The molecule has 0 unspecified atom stereocenters. The van der Waals surface area contributed by atoms with Crippen LogP contribution in [0, 0.1) is 5.92 Å². The lowest BCUT2D eigenvalue weighted by atomic mass is 9.91. The Morgan fingerprint density at radius 3 is 2.43 bits per heavy atom. The number of carbonyl (C=O) groups excluding carboxylic acids is 3. The largest absolute Gasteiger partial charge is 0.444 e. The van der Waals surface area contributed by atoms with Crippen LogP contribution in [0.15, 0.2) is 0 Å². The number of alkyl carbamates (subject to hydrolysis) is 1. The van der Waals surface area contributed by atoms with Crippen LogP contribution in [0.25, 0.3) is 0 Å². The summed E-state index contributed by atoms with van der Waals surface area (Å²) in [6.07, 6.45) is 0.0408. The average molecular weight is 299 g/mol. The number of nitrogens with two attached hydrogens (primary N) is 1. The molecule has 1 aliphatic rings. The molecule has 0 aliphatic carbocycles. The number of primary amides is 1. The Bertz CT molecular complexity index is 440. The van der Waals surface area contributed by atoms with Gasteiger partial charge in [-0.25, -0.2) is 4.79 Å². The number of amides is 3. The van der Waals surface area contributed by atoms with Crippen LogP contribution >= 0.6 is 0 Å².